The van der Waals surface area contributed by atoms with E-state index < -0.39 is 5.97 Å². The highest BCUT2D eigenvalue weighted by Crippen LogP contribution is 2.02. The topological polar surface area (TPSA) is 46.5 Å². The molecule has 0 aromatic heterocycles. The van der Waals surface area contributed by atoms with Gasteiger partial charge >= 0.3 is 5.97 Å². The van der Waals surface area contributed by atoms with Gasteiger partial charge in [-0.05, 0) is 6.42 Å². The molecular weight excluding hydrogens is 132 g/mol. The molecule has 0 saturated carbocycles. The summed E-state index contributed by atoms with van der Waals surface area (Å²) in [4.78, 5) is 10.1. The van der Waals surface area contributed by atoms with Gasteiger partial charge in [0.15, 0.2) is 0 Å². The molecule has 0 rings (SSSR count). The van der Waals surface area contributed by atoms with Crippen molar-refractivity contribution in [3.63, 3.8) is 0 Å². The second-order valence-corrected chi connectivity index (χ2v) is 2.06. The second kappa shape index (κ2) is 4.99. The molecule has 0 aliphatic carbocycles. The highest BCUT2D eigenvalue weighted by molar-refractivity contribution is 5.69. The van der Waals surface area contributed by atoms with Crippen molar-refractivity contribution in [1.82, 2.24) is 0 Å². The third-order valence-electron chi connectivity index (χ3n) is 1.06. The quantitative estimate of drug-likeness (QED) is 0.587. The number of carboxylic acids is 1. The molecule has 0 heterocycles. The van der Waals surface area contributed by atoms with Crippen molar-refractivity contribution in [3.05, 3.63) is 12.2 Å². The molecule has 0 spiro atoms. The highest BCUT2D eigenvalue weighted by Gasteiger charge is 1.99. The summed E-state index contributed by atoms with van der Waals surface area (Å²) in [5.41, 5.74) is 0.703. The Bertz CT molecular complexity index is 129. The number of rotatable bonds is 5. The van der Waals surface area contributed by atoms with Crippen molar-refractivity contribution < 1.29 is 14.6 Å². The van der Waals surface area contributed by atoms with Gasteiger partial charge in [-0.25, -0.2) is 0 Å². The molecule has 0 fully saturated rings. The van der Waals surface area contributed by atoms with Gasteiger partial charge in [0.2, 0.25) is 0 Å². The lowest BCUT2D eigenvalue weighted by Gasteiger charge is -1.99. The van der Waals surface area contributed by atoms with E-state index in [1.165, 1.54) is 0 Å². The van der Waals surface area contributed by atoms with E-state index in [-0.39, 0.29) is 6.42 Å². The van der Waals surface area contributed by atoms with Crippen molar-refractivity contribution in [1.29, 1.82) is 0 Å². The van der Waals surface area contributed by atoms with E-state index in [9.17, 15) is 4.79 Å². The smallest absolute Gasteiger partial charge is 0.307 e. The molecule has 0 saturated heterocycles. The van der Waals surface area contributed by atoms with Crippen molar-refractivity contribution in [2.75, 3.05) is 13.7 Å². The fourth-order valence-electron chi connectivity index (χ4n) is 0.549. The van der Waals surface area contributed by atoms with Gasteiger partial charge in [-0.1, -0.05) is 12.2 Å². The van der Waals surface area contributed by atoms with Crippen LogP contribution in [0.25, 0.3) is 0 Å². The number of methoxy groups -OCH3 is 1. The molecule has 0 aromatic carbocycles. The fourth-order valence-corrected chi connectivity index (χ4v) is 0.549. The maximum absolute atomic E-state index is 10.1. The molecule has 1 N–H and O–H groups in total. The Hall–Kier alpha value is -0.830. The largest absolute Gasteiger partial charge is 0.481 e. The maximum Gasteiger partial charge on any atom is 0.307 e. The molecule has 58 valence electrons. The number of hydrogen-bond acceptors (Lipinski definition) is 2. The Labute approximate surface area is 60.3 Å². The maximum atomic E-state index is 10.1. The molecule has 3 heteroatoms. The van der Waals surface area contributed by atoms with Crippen molar-refractivity contribution in [2.24, 2.45) is 0 Å². The summed E-state index contributed by atoms with van der Waals surface area (Å²) in [6.45, 7) is 4.12. The predicted molar refractivity (Wildman–Crippen MR) is 37.9 cm³/mol. The van der Waals surface area contributed by atoms with Crippen LogP contribution < -0.4 is 0 Å². The summed E-state index contributed by atoms with van der Waals surface area (Å²) < 4.78 is 4.74. The number of carboxylic acid groups (broad SMARTS) is 1. The van der Waals surface area contributed by atoms with E-state index >= 15 is 0 Å². The van der Waals surface area contributed by atoms with Crippen LogP contribution in [0.15, 0.2) is 12.2 Å². The van der Waals surface area contributed by atoms with Crippen molar-refractivity contribution >= 4 is 5.97 Å². The first-order chi connectivity index (χ1) is 4.66. The van der Waals surface area contributed by atoms with Gasteiger partial charge in [-0.15, -0.1) is 0 Å². The number of ether oxygens (including phenoxy) is 1. The van der Waals surface area contributed by atoms with Crippen LogP contribution in [-0.2, 0) is 9.53 Å². The summed E-state index contributed by atoms with van der Waals surface area (Å²) in [7, 11) is 1.58. The highest BCUT2D eigenvalue weighted by atomic mass is 16.5. The zero-order valence-corrected chi connectivity index (χ0v) is 6.09. The van der Waals surface area contributed by atoms with E-state index in [2.05, 4.69) is 6.58 Å². The Kier molecular flexibility index (Phi) is 4.58. The van der Waals surface area contributed by atoms with Crippen molar-refractivity contribution in [2.45, 2.75) is 12.8 Å². The van der Waals surface area contributed by atoms with Crippen LogP contribution in [0.2, 0.25) is 0 Å². The molecule has 0 atom stereocenters. The average molecular weight is 144 g/mol. The van der Waals surface area contributed by atoms with E-state index in [1.54, 1.807) is 7.11 Å². The monoisotopic (exact) mass is 144 g/mol. The molecular formula is C7H12O3. The average Bonchev–Trinajstić information content (AvgIpc) is 1.82. The standard InChI is InChI=1S/C7H12O3/c1-6(3-4-10-2)5-7(8)9/h1,3-5H2,2H3,(H,8,9). The van der Waals surface area contributed by atoms with Gasteiger partial charge in [0, 0.05) is 13.7 Å². The Balaban J connectivity index is 3.35. The lowest BCUT2D eigenvalue weighted by Crippen LogP contribution is -1.98. The predicted octanol–water partition coefficient (Wildman–Crippen LogP) is 1.05. The molecule has 0 aliphatic rings. The Morgan fingerprint density at radius 3 is 2.70 bits per heavy atom. The molecule has 0 radical (unpaired) electrons. The van der Waals surface area contributed by atoms with Crippen LogP contribution in [0.5, 0.6) is 0 Å². The van der Waals surface area contributed by atoms with Gasteiger partial charge in [-0.3, -0.25) is 4.79 Å². The van der Waals surface area contributed by atoms with E-state index in [4.69, 9.17) is 9.84 Å². The molecule has 10 heavy (non-hydrogen) atoms. The van der Waals surface area contributed by atoms with Crippen LogP contribution in [0.4, 0.5) is 0 Å². The summed E-state index contributed by atoms with van der Waals surface area (Å²) in [5.74, 6) is -0.832. The summed E-state index contributed by atoms with van der Waals surface area (Å²) in [5, 5.41) is 8.28. The number of aliphatic carboxylic acids is 1. The third kappa shape index (κ3) is 5.31. The molecule has 0 bridgehead atoms. The normalized spacial score (nSPS) is 9.30. The number of carbonyl (C=O) groups is 1. The lowest BCUT2D eigenvalue weighted by atomic mass is 10.1. The van der Waals surface area contributed by atoms with Crippen LogP contribution in [0, 0.1) is 0 Å². The van der Waals surface area contributed by atoms with Gasteiger partial charge in [0.05, 0.1) is 6.42 Å². The Morgan fingerprint density at radius 1 is 1.70 bits per heavy atom. The number of hydrogen-bond donors (Lipinski definition) is 1. The minimum Gasteiger partial charge on any atom is -0.481 e. The van der Waals surface area contributed by atoms with Crippen LogP contribution >= 0.6 is 0 Å². The first kappa shape index (κ1) is 9.17. The van der Waals surface area contributed by atoms with Crippen molar-refractivity contribution in [3.8, 4) is 0 Å². The third-order valence-corrected chi connectivity index (χ3v) is 1.06. The first-order valence-electron chi connectivity index (χ1n) is 3.04. The van der Waals surface area contributed by atoms with Gasteiger partial charge < -0.3 is 9.84 Å². The minimum atomic E-state index is -0.832. The van der Waals surface area contributed by atoms with Gasteiger partial charge in [0.25, 0.3) is 0 Å². The second-order valence-electron chi connectivity index (χ2n) is 2.06. The Morgan fingerprint density at radius 2 is 2.30 bits per heavy atom. The fraction of sp³-hybridized carbons (Fsp3) is 0.571. The zero-order chi connectivity index (χ0) is 7.98. The zero-order valence-electron chi connectivity index (χ0n) is 6.09. The summed E-state index contributed by atoms with van der Waals surface area (Å²) in [6.07, 6.45) is 0.673. The minimum absolute atomic E-state index is 0.0450. The van der Waals surface area contributed by atoms with Gasteiger partial charge in [0.1, 0.15) is 0 Å². The molecule has 0 aromatic rings. The first-order valence-corrected chi connectivity index (χ1v) is 3.04. The molecule has 0 unspecified atom stereocenters. The van der Waals surface area contributed by atoms with E-state index in [0.717, 1.165) is 0 Å². The molecule has 0 aliphatic heterocycles. The lowest BCUT2D eigenvalue weighted by molar-refractivity contribution is -0.136. The molecule has 3 nitrogen and oxygen atoms in total. The van der Waals surface area contributed by atoms with E-state index in [0.29, 0.717) is 18.6 Å². The molecule has 0 amide bonds. The summed E-state index contributed by atoms with van der Waals surface area (Å²) in [6, 6.07) is 0. The van der Waals surface area contributed by atoms with E-state index in [1.807, 2.05) is 0 Å². The van der Waals surface area contributed by atoms with Crippen LogP contribution in [-0.4, -0.2) is 24.8 Å². The van der Waals surface area contributed by atoms with Crippen LogP contribution in [0.1, 0.15) is 12.8 Å². The summed E-state index contributed by atoms with van der Waals surface area (Å²) >= 11 is 0. The van der Waals surface area contributed by atoms with Gasteiger partial charge in [-0.2, -0.15) is 0 Å². The van der Waals surface area contributed by atoms with Crippen LogP contribution in [0.3, 0.4) is 0 Å². The SMILES string of the molecule is C=C(CCOC)CC(=O)O.